The third-order valence-corrected chi connectivity index (χ3v) is 5.97. The van der Waals surface area contributed by atoms with Crippen LogP contribution in [-0.2, 0) is 16.0 Å². The highest BCUT2D eigenvalue weighted by molar-refractivity contribution is 5.89. The summed E-state index contributed by atoms with van der Waals surface area (Å²) in [6.45, 7) is 0. The molecule has 2 unspecified atom stereocenters. The van der Waals surface area contributed by atoms with E-state index in [0.29, 0.717) is 17.7 Å². The zero-order valence-electron chi connectivity index (χ0n) is 18.8. The van der Waals surface area contributed by atoms with Gasteiger partial charge in [0, 0.05) is 6.42 Å². The Kier molecular flexibility index (Phi) is 7.15. The number of carbonyl (C=O) groups is 2. The molecule has 1 saturated heterocycles. The first-order chi connectivity index (χ1) is 16.6. The third kappa shape index (κ3) is 6.62. The van der Waals surface area contributed by atoms with Gasteiger partial charge in [-0.15, -0.1) is 13.2 Å². The summed E-state index contributed by atoms with van der Waals surface area (Å²) in [6.07, 6.45) is -3.55. The summed E-state index contributed by atoms with van der Waals surface area (Å²) >= 11 is 0. The van der Waals surface area contributed by atoms with Crippen LogP contribution in [0.25, 0.3) is 0 Å². The van der Waals surface area contributed by atoms with E-state index in [2.05, 4.69) is 20.7 Å². The quantitative estimate of drug-likeness (QED) is 0.489. The molecule has 0 bridgehead atoms. The zero-order chi connectivity index (χ0) is 25.2. The molecular weight excluding hydrogens is 470 g/mol. The molecule has 11 heteroatoms. The second-order valence-electron chi connectivity index (χ2n) is 8.66. The van der Waals surface area contributed by atoms with Crippen molar-refractivity contribution in [2.75, 3.05) is 7.11 Å². The van der Waals surface area contributed by atoms with Crippen molar-refractivity contribution in [3.63, 3.8) is 0 Å². The topological polar surface area (TPSA) is 88.7 Å². The molecule has 2 aromatic carbocycles. The fourth-order valence-electron chi connectivity index (χ4n) is 4.13. The first-order valence-corrected chi connectivity index (χ1v) is 11.1. The lowest BCUT2D eigenvalue weighted by Crippen LogP contribution is -2.61. The Bertz CT molecular complexity index is 1070. The predicted molar refractivity (Wildman–Crippen MR) is 117 cm³/mol. The molecule has 0 spiro atoms. The number of alkyl halides is 3. The number of ether oxygens (including phenoxy) is 2. The van der Waals surface area contributed by atoms with Gasteiger partial charge in [-0.1, -0.05) is 18.2 Å². The number of rotatable bonds is 8. The van der Waals surface area contributed by atoms with Crippen molar-refractivity contribution in [2.45, 2.75) is 50.3 Å². The summed E-state index contributed by atoms with van der Waals surface area (Å²) in [4.78, 5) is 25.3. The smallest absolute Gasteiger partial charge is 0.497 e. The monoisotopic (exact) mass is 495 g/mol. The summed E-state index contributed by atoms with van der Waals surface area (Å²) < 4.78 is 60.4. The van der Waals surface area contributed by atoms with Crippen molar-refractivity contribution in [3.05, 3.63) is 59.4 Å². The molecule has 4 rings (SSSR count). The van der Waals surface area contributed by atoms with Crippen molar-refractivity contribution >= 4 is 11.8 Å². The van der Waals surface area contributed by atoms with Gasteiger partial charge in [0.25, 0.3) is 0 Å². The van der Waals surface area contributed by atoms with Gasteiger partial charge >= 0.3 is 6.36 Å². The Morgan fingerprint density at radius 3 is 2.49 bits per heavy atom. The Morgan fingerprint density at radius 1 is 1.17 bits per heavy atom. The summed E-state index contributed by atoms with van der Waals surface area (Å²) in [5.41, 5.74) is 1.26. The Hall–Kier alpha value is -3.34. The highest BCUT2D eigenvalue weighted by atomic mass is 19.4. The molecule has 1 heterocycles. The fourth-order valence-corrected chi connectivity index (χ4v) is 4.13. The van der Waals surface area contributed by atoms with Crippen LogP contribution in [0, 0.1) is 11.7 Å². The molecule has 2 fully saturated rings. The molecule has 2 amide bonds. The van der Waals surface area contributed by atoms with Gasteiger partial charge in [0.05, 0.1) is 31.8 Å². The highest BCUT2D eigenvalue weighted by Gasteiger charge is 2.38. The Labute approximate surface area is 199 Å². The normalized spacial score (nSPS) is 21.1. The highest BCUT2D eigenvalue weighted by Crippen LogP contribution is 2.42. The second kappa shape index (κ2) is 10.1. The van der Waals surface area contributed by atoms with Crippen molar-refractivity contribution in [2.24, 2.45) is 5.92 Å². The summed E-state index contributed by atoms with van der Waals surface area (Å²) in [5.74, 6) is -2.10. The third-order valence-electron chi connectivity index (χ3n) is 5.97. The van der Waals surface area contributed by atoms with Crippen LogP contribution in [0.5, 0.6) is 11.5 Å². The molecule has 188 valence electrons. The van der Waals surface area contributed by atoms with Crippen LogP contribution in [-0.4, -0.2) is 37.5 Å². The van der Waals surface area contributed by atoms with E-state index in [1.165, 1.54) is 6.07 Å². The number of hydrogen-bond donors (Lipinski definition) is 3. The van der Waals surface area contributed by atoms with E-state index in [1.54, 1.807) is 19.2 Å². The SMILES string of the molecule is COc1ccc(CC2NC(=O)CC(C(=O)N[C@@H](c3ccc(OC(F)(F)F)c(F)c3)C3CC3)N2)cc1. The largest absolute Gasteiger partial charge is 0.573 e. The molecule has 3 atom stereocenters. The lowest BCUT2D eigenvalue weighted by Gasteiger charge is -2.32. The van der Waals surface area contributed by atoms with E-state index in [-0.39, 0.29) is 18.2 Å². The lowest BCUT2D eigenvalue weighted by atomic mass is 10.00. The van der Waals surface area contributed by atoms with E-state index in [1.807, 2.05) is 12.1 Å². The zero-order valence-corrected chi connectivity index (χ0v) is 18.8. The average Bonchev–Trinajstić information content (AvgIpc) is 3.63. The number of amides is 2. The van der Waals surface area contributed by atoms with E-state index in [9.17, 15) is 27.2 Å². The maximum Gasteiger partial charge on any atom is 0.573 e. The van der Waals surface area contributed by atoms with E-state index < -0.39 is 42.1 Å². The van der Waals surface area contributed by atoms with Crippen molar-refractivity contribution in [1.29, 1.82) is 0 Å². The van der Waals surface area contributed by atoms with Gasteiger partial charge in [0.2, 0.25) is 11.8 Å². The molecule has 1 aliphatic heterocycles. The number of carbonyl (C=O) groups excluding carboxylic acids is 2. The van der Waals surface area contributed by atoms with Crippen LogP contribution in [0.15, 0.2) is 42.5 Å². The maximum atomic E-state index is 14.3. The maximum absolute atomic E-state index is 14.3. The number of halogens is 4. The minimum Gasteiger partial charge on any atom is -0.497 e. The number of nitrogens with one attached hydrogen (secondary N) is 3. The molecule has 35 heavy (non-hydrogen) atoms. The summed E-state index contributed by atoms with van der Waals surface area (Å²) in [5, 5.41) is 8.80. The van der Waals surface area contributed by atoms with Crippen LogP contribution in [0.3, 0.4) is 0 Å². The Balaban J connectivity index is 1.42. The van der Waals surface area contributed by atoms with E-state index in [0.717, 1.165) is 30.5 Å². The number of benzene rings is 2. The van der Waals surface area contributed by atoms with Gasteiger partial charge in [0.1, 0.15) is 5.75 Å². The molecule has 3 N–H and O–H groups in total. The van der Waals surface area contributed by atoms with Gasteiger partial charge in [-0.25, -0.2) is 4.39 Å². The van der Waals surface area contributed by atoms with Crippen LogP contribution in [0.1, 0.15) is 36.4 Å². The van der Waals surface area contributed by atoms with Crippen LogP contribution in [0.2, 0.25) is 0 Å². The van der Waals surface area contributed by atoms with Gasteiger partial charge < -0.3 is 20.1 Å². The molecular formula is C24H25F4N3O4. The fraction of sp³-hybridized carbons (Fsp3) is 0.417. The van der Waals surface area contributed by atoms with Gasteiger partial charge in [-0.3, -0.25) is 14.9 Å². The first kappa shape index (κ1) is 24.8. The lowest BCUT2D eigenvalue weighted by molar-refractivity contribution is -0.275. The number of methoxy groups -OCH3 is 1. The molecule has 1 aliphatic carbocycles. The Morgan fingerprint density at radius 2 is 1.89 bits per heavy atom. The molecule has 2 aromatic rings. The van der Waals surface area contributed by atoms with E-state index >= 15 is 0 Å². The van der Waals surface area contributed by atoms with Gasteiger partial charge in [-0.05, 0) is 54.2 Å². The van der Waals surface area contributed by atoms with Crippen LogP contribution >= 0.6 is 0 Å². The van der Waals surface area contributed by atoms with Gasteiger partial charge in [-0.2, -0.15) is 0 Å². The number of hydrogen-bond acceptors (Lipinski definition) is 5. The van der Waals surface area contributed by atoms with Crippen LogP contribution < -0.4 is 25.4 Å². The molecule has 0 aromatic heterocycles. The average molecular weight is 495 g/mol. The van der Waals surface area contributed by atoms with Crippen molar-refractivity contribution < 1.29 is 36.6 Å². The van der Waals surface area contributed by atoms with Gasteiger partial charge in [0.15, 0.2) is 11.6 Å². The second-order valence-corrected chi connectivity index (χ2v) is 8.66. The standard InChI is InChI=1S/C24H25F4N3O4/c1-34-16-7-2-13(3-8-16)10-20-29-18(12-21(32)30-20)23(33)31-22(14-4-5-14)15-6-9-19(17(25)11-15)35-24(26,27)28/h2-3,6-9,11,14,18,20,22,29H,4-5,10,12H2,1H3,(H,30,32)(H,31,33)/t18?,20?,22-/m1/s1. The molecule has 2 aliphatic rings. The van der Waals surface area contributed by atoms with Crippen molar-refractivity contribution in [3.8, 4) is 11.5 Å². The van der Waals surface area contributed by atoms with E-state index in [4.69, 9.17) is 4.74 Å². The molecule has 0 radical (unpaired) electrons. The molecule has 1 saturated carbocycles. The minimum atomic E-state index is -5.01. The summed E-state index contributed by atoms with van der Waals surface area (Å²) in [7, 11) is 1.56. The molecule has 7 nitrogen and oxygen atoms in total. The summed E-state index contributed by atoms with van der Waals surface area (Å²) in [6, 6.07) is 9.06. The van der Waals surface area contributed by atoms with Crippen LogP contribution in [0.4, 0.5) is 17.6 Å². The van der Waals surface area contributed by atoms with Crippen molar-refractivity contribution in [1.82, 2.24) is 16.0 Å². The first-order valence-electron chi connectivity index (χ1n) is 11.1. The predicted octanol–water partition coefficient (Wildman–Crippen LogP) is 3.35. The minimum absolute atomic E-state index is 0.0280.